The number of allylic oxidation sites excluding steroid dienone is 4. The van der Waals surface area contributed by atoms with Crippen LogP contribution in [0.5, 0.6) is 0 Å². The second-order valence-corrected chi connectivity index (χ2v) is 5.27. The van der Waals surface area contributed by atoms with Gasteiger partial charge in [0.25, 0.3) is 0 Å². The average Bonchev–Trinajstić information content (AvgIpc) is 1.93. The first-order valence-corrected chi connectivity index (χ1v) is 7.70. The van der Waals surface area contributed by atoms with Crippen LogP contribution in [0, 0.1) is 0 Å². The Morgan fingerprint density at radius 3 is 0.895 bits per heavy atom. The first-order chi connectivity index (χ1) is 8.25. The molecule has 0 heterocycles. The molecule has 0 aliphatic rings. The molecule has 6 N–H and O–H groups in total. The van der Waals surface area contributed by atoms with Crippen molar-refractivity contribution >= 4 is 11.6 Å². The number of carbonyl (C=O) groups is 2. The van der Waals surface area contributed by atoms with Crippen LogP contribution < -0.4 is 0 Å². The Balaban J connectivity index is -0.000000206. The summed E-state index contributed by atoms with van der Waals surface area (Å²) in [5.41, 5.74) is 0. The van der Waals surface area contributed by atoms with Gasteiger partial charge in [-0.05, 0) is 27.7 Å². The molecule has 0 atom stereocenters. The summed E-state index contributed by atoms with van der Waals surface area (Å²) in [6.07, 6.45) is 2.33. The van der Waals surface area contributed by atoms with E-state index in [-0.39, 0.29) is 23.1 Å². The van der Waals surface area contributed by atoms with E-state index in [1.165, 1.54) is 39.8 Å². The third-order valence-electron chi connectivity index (χ3n) is 0.824. The maximum absolute atomic E-state index is 10.0. The molecule has 0 rings (SSSR count). The van der Waals surface area contributed by atoms with Crippen molar-refractivity contribution in [2.45, 2.75) is 27.7 Å². The molecule has 0 unspecified atom stereocenters. The van der Waals surface area contributed by atoms with Crippen molar-refractivity contribution in [1.82, 2.24) is 0 Å². The molecular weight excluding hydrogens is 296 g/mol. The molecule has 0 aliphatic carbocycles. The van der Waals surface area contributed by atoms with Crippen LogP contribution in [0.15, 0.2) is 23.7 Å². The van der Waals surface area contributed by atoms with E-state index in [0.29, 0.717) is 0 Å². The molecule has 19 heavy (non-hydrogen) atoms. The Hall–Kier alpha value is -1.03. The van der Waals surface area contributed by atoms with Crippen molar-refractivity contribution < 1.29 is 52.7 Å². The molecule has 0 radical (unpaired) electrons. The summed E-state index contributed by atoms with van der Waals surface area (Å²) >= 11 is -5.00. The van der Waals surface area contributed by atoms with E-state index in [0.717, 1.165) is 0 Å². The third kappa shape index (κ3) is 78.2. The second-order valence-electron chi connectivity index (χ2n) is 3.39. The Morgan fingerprint density at radius 1 is 0.737 bits per heavy atom. The van der Waals surface area contributed by atoms with Gasteiger partial charge in [-0.25, -0.2) is 0 Å². The van der Waals surface area contributed by atoms with E-state index < -0.39 is 18.1 Å². The quantitative estimate of drug-likeness (QED) is 0.233. The fourth-order valence-corrected chi connectivity index (χ4v) is 0.588. The van der Waals surface area contributed by atoms with Crippen LogP contribution in [0.1, 0.15) is 27.7 Å². The average molecular weight is 316 g/mol. The molecule has 8 nitrogen and oxygen atoms in total. The number of ketones is 2. The van der Waals surface area contributed by atoms with Crippen LogP contribution >= 0.6 is 0 Å². The van der Waals surface area contributed by atoms with Crippen molar-refractivity contribution in [1.29, 1.82) is 0 Å². The van der Waals surface area contributed by atoms with Gasteiger partial charge in [-0.15, -0.1) is 0 Å². The number of hydrogen-bond donors (Lipinski definition) is 6. The molecule has 0 aromatic rings. The molecule has 0 fully saturated rings. The standard InChI is InChI=1S/2C5H8O2.4H2O.Ti/c2*1-4(6)3-5(2)7;;;;;/h2*3,6H,1-2H3;4*1H2;/q;;;;;;+4/p-4/b2*4-3-;;;;;. The van der Waals surface area contributed by atoms with Crippen LogP contribution in [0.2, 0.25) is 0 Å². The summed E-state index contributed by atoms with van der Waals surface area (Å²) < 4.78 is 29.5. The Morgan fingerprint density at radius 2 is 0.895 bits per heavy atom. The predicted octanol–water partition coefficient (Wildman–Crippen LogP) is -0.156. The zero-order valence-electron chi connectivity index (χ0n) is 11.2. The maximum atomic E-state index is 10.0. The number of aliphatic hydroxyl groups excluding tert-OH is 2. The van der Waals surface area contributed by atoms with Crippen molar-refractivity contribution in [3.05, 3.63) is 23.7 Å². The predicted molar refractivity (Wildman–Crippen MR) is 63.0 cm³/mol. The summed E-state index contributed by atoms with van der Waals surface area (Å²) in [5.74, 6) is -0.125. The van der Waals surface area contributed by atoms with E-state index in [1.807, 2.05) is 0 Å². The van der Waals surface area contributed by atoms with Crippen LogP contribution in [0.3, 0.4) is 0 Å². The van der Waals surface area contributed by atoms with Crippen LogP contribution in [-0.4, -0.2) is 36.5 Å². The number of hydrogen-bond acceptors (Lipinski definition) is 8. The summed E-state index contributed by atoms with van der Waals surface area (Å²) in [4.78, 5) is 20.0. The summed E-state index contributed by atoms with van der Waals surface area (Å²) in [6, 6.07) is 0. The van der Waals surface area contributed by atoms with E-state index >= 15 is 0 Å². The fraction of sp³-hybridized carbons (Fsp3) is 0.400. The molecule has 0 spiro atoms. The molecule has 0 aromatic carbocycles. The second kappa shape index (κ2) is 12.0. The summed E-state index contributed by atoms with van der Waals surface area (Å²) in [7, 11) is 0. The van der Waals surface area contributed by atoms with Crippen LogP contribution in [-0.2, 0) is 27.7 Å². The van der Waals surface area contributed by atoms with Crippen LogP contribution in [0.25, 0.3) is 0 Å². The topological polar surface area (TPSA) is 156 Å². The van der Waals surface area contributed by atoms with Gasteiger partial charge >= 0.3 is 32.9 Å². The van der Waals surface area contributed by atoms with Crippen molar-refractivity contribution in [3.63, 3.8) is 0 Å². The van der Waals surface area contributed by atoms with Gasteiger partial charge in [0.15, 0.2) is 11.6 Å². The Bertz CT molecular complexity index is 298. The fourth-order valence-electron chi connectivity index (χ4n) is 0.588. The first kappa shape index (κ1) is 23.1. The van der Waals surface area contributed by atoms with E-state index in [4.69, 9.17) is 25.0 Å². The number of carbonyl (C=O) groups excluding carboxylic acids is 2. The molecule has 0 aromatic heterocycles. The SMILES string of the molecule is CC(=O)/C=C(/C)O.CC(=O)/C=C(/C)O.[OH][Ti]([OH])([OH])[OH]. The zero-order valence-corrected chi connectivity index (χ0v) is 12.7. The molecule has 0 bridgehead atoms. The molecule has 0 aliphatic heterocycles. The van der Waals surface area contributed by atoms with Gasteiger partial charge in [0.1, 0.15) is 0 Å². The van der Waals surface area contributed by atoms with Gasteiger partial charge in [0.05, 0.1) is 11.5 Å². The van der Waals surface area contributed by atoms with Crippen LogP contribution in [0.4, 0.5) is 0 Å². The minimum atomic E-state index is -5.00. The molecule has 0 amide bonds. The van der Waals surface area contributed by atoms with E-state index in [1.54, 1.807) is 0 Å². The molecule has 0 saturated carbocycles. The van der Waals surface area contributed by atoms with Gasteiger partial charge in [-0.1, -0.05) is 0 Å². The number of rotatable bonds is 2. The summed E-state index contributed by atoms with van der Waals surface area (Å²) in [5, 5.41) is 16.7. The monoisotopic (exact) mass is 316 g/mol. The van der Waals surface area contributed by atoms with Gasteiger partial charge in [0.2, 0.25) is 0 Å². The van der Waals surface area contributed by atoms with Crippen molar-refractivity contribution in [2.24, 2.45) is 0 Å². The molecular formula is C10H20O8Ti. The first-order valence-electron chi connectivity index (χ1n) is 4.90. The summed E-state index contributed by atoms with van der Waals surface area (Å²) in [6.45, 7) is 5.70. The van der Waals surface area contributed by atoms with Gasteiger partial charge in [-0.3, -0.25) is 9.59 Å². The molecule has 112 valence electrons. The van der Waals surface area contributed by atoms with Crippen molar-refractivity contribution in [3.8, 4) is 0 Å². The van der Waals surface area contributed by atoms with E-state index in [2.05, 4.69) is 0 Å². The number of aliphatic hydroxyl groups is 2. The van der Waals surface area contributed by atoms with Crippen molar-refractivity contribution in [2.75, 3.05) is 0 Å². The van der Waals surface area contributed by atoms with Gasteiger partial charge < -0.3 is 10.2 Å². The molecule has 9 heteroatoms. The molecule has 0 saturated heterocycles. The zero-order chi connectivity index (χ0) is 16.2. The Labute approximate surface area is 116 Å². The Kier molecular flexibility index (Phi) is 14.6. The minimum absolute atomic E-state index is 0.0625. The van der Waals surface area contributed by atoms with Gasteiger partial charge in [0, 0.05) is 12.2 Å². The normalized spacial score (nSPS) is 11.6. The van der Waals surface area contributed by atoms with E-state index in [9.17, 15) is 9.59 Å². The third-order valence-corrected chi connectivity index (χ3v) is 0.824. The van der Waals surface area contributed by atoms with Gasteiger partial charge in [-0.2, -0.15) is 0 Å².